The van der Waals surface area contributed by atoms with E-state index in [1.165, 1.54) is 7.11 Å². The molecule has 9 nitrogen and oxygen atoms in total. The van der Waals surface area contributed by atoms with Crippen LogP contribution in [0.5, 0.6) is 5.75 Å². The zero-order valence-electron chi connectivity index (χ0n) is 23.2. The molecular weight excluding hydrogens is 498 g/mol. The largest absolute Gasteiger partial charge is 0.493 e. The fourth-order valence-corrected chi connectivity index (χ4v) is 5.30. The van der Waals surface area contributed by atoms with Crippen LogP contribution in [0.3, 0.4) is 0 Å². The van der Waals surface area contributed by atoms with Crippen molar-refractivity contribution in [3.05, 3.63) is 64.2 Å². The van der Waals surface area contributed by atoms with Crippen molar-refractivity contribution in [1.29, 1.82) is 0 Å². The summed E-state index contributed by atoms with van der Waals surface area (Å²) in [7, 11) is 3.27. The van der Waals surface area contributed by atoms with Crippen molar-refractivity contribution in [2.45, 2.75) is 44.8 Å². The van der Waals surface area contributed by atoms with Gasteiger partial charge >= 0.3 is 6.09 Å². The van der Waals surface area contributed by atoms with Crippen molar-refractivity contribution >= 4 is 12.0 Å². The maximum absolute atomic E-state index is 13.4. The Kier molecular flexibility index (Phi) is 10.6. The number of methoxy groups -OCH3 is 1. The third kappa shape index (κ3) is 7.94. The second-order valence-corrected chi connectivity index (χ2v) is 10.2. The van der Waals surface area contributed by atoms with E-state index in [1.54, 1.807) is 0 Å². The number of benzene rings is 2. The molecule has 2 amide bonds. The Morgan fingerprint density at radius 3 is 2.67 bits per heavy atom. The average Bonchev–Trinajstić information content (AvgIpc) is 3.44. The van der Waals surface area contributed by atoms with Crippen molar-refractivity contribution in [2.24, 2.45) is 5.92 Å². The third-order valence-electron chi connectivity index (χ3n) is 7.46. The van der Waals surface area contributed by atoms with E-state index >= 15 is 0 Å². The minimum atomic E-state index is -0.504. The number of alkyl carbamates (subject to hydrolysis) is 1. The monoisotopic (exact) mass is 539 g/mol. The third-order valence-corrected chi connectivity index (χ3v) is 7.46. The molecule has 1 fully saturated rings. The van der Waals surface area contributed by atoms with E-state index in [1.807, 2.05) is 44.3 Å². The van der Waals surface area contributed by atoms with Crippen LogP contribution in [0, 0.1) is 12.8 Å². The highest BCUT2D eigenvalue weighted by molar-refractivity contribution is 5.95. The predicted molar refractivity (Wildman–Crippen MR) is 148 cm³/mol. The number of aryl methyl sites for hydroxylation is 1. The van der Waals surface area contributed by atoms with Crippen LogP contribution in [0.15, 0.2) is 36.4 Å². The molecule has 0 spiro atoms. The number of fused-ring (bicyclic) bond motifs is 1. The van der Waals surface area contributed by atoms with Crippen LogP contribution in [0.2, 0.25) is 0 Å². The maximum Gasteiger partial charge on any atom is 0.406 e. The summed E-state index contributed by atoms with van der Waals surface area (Å²) in [6.45, 7) is 5.34. The molecule has 3 N–H and O–H groups in total. The van der Waals surface area contributed by atoms with Gasteiger partial charge in [-0.2, -0.15) is 0 Å². The molecule has 4 rings (SSSR count). The molecule has 0 bridgehead atoms. The summed E-state index contributed by atoms with van der Waals surface area (Å²) < 4.78 is 22.4. The number of amides is 2. The summed E-state index contributed by atoms with van der Waals surface area (Å²) in [5.41, 5.74) is 4.59. The van der Waals surface area contributed by atoms with Gasteiger partial charge in [-0.3, -0.25) is 4.79 Å². The molecule has 2 aliphatic heterocycles. The van der Waals surface area contributed by atoms with Crippen LogP contribution in [-0.2, 0) is 20.6 Å². The van der Waals surface area contributed by atoms with Gasteiger partial charge in [0.1, 0.15) is 11.9 Å². The summed E-state index contributed by atoms with van der Waals surface area (Å²) in [4.78, 5) is 24.9. The lowest BCUT2D eigenvalue weighted by Gasteiger charge is -2.26. The van der Waals surface area contributed by atoms with E-state index in [0.29, 0.717) is 31.2 Å². The lowest BCUT2D eigenvalue weighted by molar-refractivity contribution is 0.0605. The van der Waals surface area contributed by atoms with Gasteiger partial charge in [-0.15, -0.1) is 0 Å². The quantitative estimate of drug-likeness (QED) is 0.354. The molecule has 9 heteroatoms. The van der Waals surface area contributed by atoms with Crippen molar-refractivity contribution < 1.29 is 28.5 Å². The number of carbonyl (C=O) groups is 2. The summed E-state index contributed by atoms with van der Waals surface area (Å²) in [6, 6.07) is 12.1. The highest BCUT2D eigenvalue weighted by Gasteiger charge is 2.27. The first-order valence-corrected chi connectivity index (χ1v) is 13.8. The van der Waals surface area contributed by atoms with Gasteiger partial charge in [0, 0.05) is 49.9 Å². The molecule has 39 heavy (non-hydrogen) atoms. The van der Waals surface area contributed by atoms with Gasteiger partial charge in [0.05, 0.1) is 20.3 Å². The van der Waals surface area contributed by atoms with Crippen LogP contribution >= 0.6 is 0 Å². The smallest absolute Gasteiger partial charge is 0.406 e. The molecule has 0 saturated carbocycles. The van der Waals surface area contributed by atoms with Gasteiger partial charge < -0.3 is 34.9 Å². The summed E-state index contributed by atoms with van der Waals surface area (Å²) in [5.74, 6) is 1.19. The predicted octanol–water partition coefficient (Wildman–Crippen LogP) is 3.53. The molecule has 1 saturated heterocycles. The molecule has 2 aromatic rings. The number of carbonyl (C=O) groups excluding carboxylic acids is 2. The minimum Gasteiger partial charge on any atom is -0.493 e. The number of nitrogens with one attached hydrogen (secondary N) is 3. The van der Waals surface area contributed by atoms with Crippen molar-refractivity contribution in [2.75, 3.05) is 53.7 Å². The Morgan fingerprint density at radius 2 is 1.92 bits per heavy atom. The van der Waals surface area contributed by atoms with Gasteiger partial charge in [0.25, 0.3) is 5.91 Å². The molecule has 2 atom stereocenters. The van der Waals surface area contributed by atoms with Crippen molar-refractivity contribution in [3.63, 3.8) is 0 Å². The molecule has 2 aromatic carbocycles. The second-order valence-electron chi connectivity index (χ2n) is 10.2. The van der Waals surface area contributed by atoms with Gasteiger partial charge in [0.2, 0.25) is 0 Å². The molecule has 0 radical (unpaired) electrons. The summed E-state index contributed by atoms with van der Waals surface area (Å²) in [6.07, 6.45) is 2.94. The van der Waals surface area contributed by atoms with Crippen LogP contribution in [-0.4, -0.2) is 71.7 Å². The average molecular weight is 540 g/mol. The van der Waals surface area contributed by atoms with Gasteiger partial charge in [-0.1, -0.05) is 29.8 Å². The zero-order chi connectivity index (χ0) is 27.6. The van der Waals surface area contributed by atoms with Gasteiger partial charge in [0.15, 0.2) is 0 Å². The number of rotatable bonds is 12. The SMILES string of the molecule is CNC(CNC(=O)c1cc2c(c(C(OCCNC(=O)OC)c3cccc(C)c3)c1)CCO2)CC1CCOCC1. The zero-order valence-corrected chi connectivity index (χ0v) is 23.2. The molecule has 0 aliphatic carbocycles. The first-order valence-electron chi connectivity index (χ1n) is 13.8. The Morgan fingerprint density at radius 1 is 1.10 bits per heavy atom. The first kappa shape index (κ1) is 28.9. The van der Waals surface area contributed by atoms with Gasteiger partial charge in [-0.05, 0) is 62.4 Å². The fraction of sp³-hybridized carbons (Fsp3) is 0.533. The van der Waals surface area contributed by atoms with E-state index in [0.717, 1.165) is 66.9 Å². The molecule has 212 valence electrons. The normalized spacial score (nSPS) is 16.6. The van der Waals surface area contributed by atoms with E-state index < -0.39 is 12.2 Å². The lowest BCUT2D eigenvalue weighted by atomic mass is 9.92. The second kappa shape index (κ2) is 14.3. The highest BCUT2D eigenvalue weighted by atomic mass is 16.5. The molecule has 0 aromatic heterocycles. The number of hydrogen-bond acceptors (Lipinski definition) is 7. The maximum atomic E-state index is 13.4. The Labute approximate surface area is 230 Å². The van der Waals surface area contributed by atoms with E-state index in [-0.39, 0.29) is 18.6 Å². The highest BCUT2D eigenvalue weighted by Crippen LogP contribution is 2.38. The van der Waals surface area contributed by atoms with Crippen LogP contribution in [0.25, 0.3) is 0 Å². The van der Waals surface area contributed by atoms with Crippen LogP contribution in [0.4, 0.5) is 4.79 Å². The minimum absolute atomic E-state index is 0.142. The standard InChI is InChI=1S/C30H41N3O6/c1-20-5-4-6-22(15-20)28(39-14-10-32-30(35)36-3)26-17-23(18-27-25(26)9-13-38-27)29(34)33-19-24(31-2)16-21-7-11-37-12-8-21/h4-6,15,17-18,21,24,28,31H,7-14,16,19H2,1-3H3,(H,32,35)(H,33,34). The number of ether oxygens (including phenoxy) is 4. The van der Waals surface area contributed by atoms with Crippen molar-refractivity contribution in [1.82, 2.24) is 16.0 Å². The van der Waals surface area contributed by atoms with E-state index in [9.17, 15) is 9.59 Å². The Bertz CT molecular complexity index is 1120. The van der Waals surface area contributed by atoms with Crippen LogP contribution in [0.1, 0.15) is 58.0 Å². The van der Waals surface area contributed by atoms with Crippen LogP contribution < -0.4 is 20.7 Å². The summed E-state index contributed by atoms with van der Waals surface area (Å²) in [5, 5.41) is 9.14. The van der Waals surface area contributed by atoms with Gasteiger partial charge in [-0.25, -0.2) is 4.79 Å². The van der Waals surface area contributed by atoms with E-state index in [4.69, 9.17) is 14.2 Å². The van der Waals surface area contributed by atoms with Crippen molar-refractivity contribution in [3.8, 4) is 5.75 Å². The topological polar surface area (TPSA) is 107 Å². The summed E-state index contributed by atoms with van der Waals surface area (Å²) >= 11 is 0. The lowest BCUT2D eigenvalue weighted by Crippen LogP contribution is -2.41. The Hall–Kier alpha value is -3.14. The first-order chi connectivity index (χ1) is 19.0. The Balaban J connectivity index is 1.52. The molecule has 2 unspecified atom stereocenters. The number of hydrogen-bond donors (Lipinski definition) is 3. The van der Waals surface area contributed by atoms with E-state index in [2.05, 4.69) is 26.8 Å². The molecule has 2 heterocycles. The number of likely N-dealkylation sites (N-methyl/N-ethyl adjacent to an activating group) is 1. The molecular formula is C30H41N3O6. The molecule has 2 aliphatic rings. The fourth-order valence-electron chi connectivity index (χ4n) is 5.30.